The van der Waals surface area contributed by atoms with Crippen molar-refractivity contribution in [2.45, 2.75) is 38.8 Å². The average molecular weight is 363 g/mol. The molecule has 144 valence electrons. The number of hydrogen-bond acceptors (Lipinski definition) is 5. The summed E-state index contributed by atoms with van der Waals surface area (Å²) in [6.45, 7) is 7.67. The van der Waals surface area contributed by atoms with E-state index in [1.807, 2.05) is 20.0 Å². The molecule has 0 unspecified atom stereocenters. The third-order valence-electron chi connectivity index (χ3n) is 5.30. The van der Waals surface area contributed by atoms with E-state index in [0.717, 1.165) is 25.5 Å². The van der Waals surface area contributed by atoms with Gasteiger partial charge in [-0.25, -0.2) is 9.78 Å². The van der Waals surface area contributed by atoms with Gasteiger partial charge in [-0.3, -0.25) is 14.6 Å². The van der Waals surface area contributed by atoms with Crippen LogP contribution in [0, 0.1) is 5.92 Å². The van der Waals surface area contributed by atoms with Crippen molar-refractivity contribution in [1.29, 1.82) is 0 Å². The Balaban J connectivity index is 1.74. The van der Waals surface area contributed by atoms with Crippen LogP contribution in [0.25, 0.3) is 0 Å². The molecule has 1 spiro atoms. The standard InChI is InChI=1S/C18H29N5O3/c1-14(2)12-22-16(24)18(23(17(22)25)10-11-26-3)4-8-21(9-5-18)13-15-19-6-7-20-15/h6-7,14H,4-5,8-13H2,1-3H3,(H,19,20). The molecule has 0 atom stereocenters. The first-order chi connectivity index (χ1) is 12.5. The Hall–Kier alpha value is -1.93. The number of H-pyrrole nitrogens is 1. The number of imidazole rings is 1. The summed E-state index contributed by atoms with van der Waals surface area (Å²) in [4.78, 5) is 39.0. The number of ether oxygens (including phenoxy) is 1. The molecule has 0 aliphatic carbocycles. The Bertz CT molecular complexity index is 623. The van der Waals surface area contributed by atoms with Crippen LogP contribution in [-0.4, -0.2) is 82.0 Å². The number of aromatic nitrogens is 2. The predicted octanol–water partition coefficient (Wildman–Crippen LogP) is 1.31. The summed E-state index contributed by atoms with van der Waals surface area (Å²) in [5.41, 5.74) is -0.718. The molecule has 8 nitrogen and oxygen atoms in total. The Morgan fingerprint density at radius 2 is 2.04 bits per heavy atom. The first kappa shape index (κ1) is 18.8. The fourth-order valence-corrected chi connectivity index (χ4v) is 3.96. The van der Waals surface area contributed by atoms with Gasteiger partial charge in [0.1, 0.15) is 11.4 Å². The molecule has 0 aromatic carbocycles. The first-order valence-electron chi connectivity index (χ1n) is 9.31. The van der Waals surface area contributed by atoms with Gasteiger partial charge < -0.3 is 14.6 Å². The molecule has 0 bridgehead atoms. The third-order valence-corrected chi connectivity index (χ3v) is 5.30. The molecule has 2 fully saturated rings. The molecule has 1 N–H and O–H groups in total. The number of nitrogens with zero attached hydrogens (tertiary/aromatic N) is 4. The number of carbonyl (C=O) groups excluding carboxylic acids is 2. The number of amides is 3. The molecule has 8 heteroatoms. The summed E-state index contributed by atoms with van der Waals surface area (Å²) >= 11 is 0. The van der Waals surface area contributed by atoms with E-state index in [0.29, 0.717) is 32.5 Å². The molecule has 3 rings (SSSR count). The lowest BCUT2D eigenvalue weighted by molar-refractivity contribution is -0.136. The minimum absolute atomic E-state index is 0.0371. The summed E-state index contributed by atoms with van der Waals surface area (Å²) in [5.74, 6) is 1.14. The lowest BCUT2D eigenvalue weighted by atomic mass is 9.85. The monoisotopic (exact) mass is 363 g/mol. The van der Waals surface area contributed by atoms with Crippen molar-refractivity contribution >= 4 is 11.9 Å². The van der Waals surface area contributed by atoms with Crippen LogP contribution in [0.5, 0.6) is 0 Å². The lowest BCUT2D eigenvalue weighted by Gasteiger charge is -2.42. The number of nitrogens with one attached hydrogen (secondary N) is 1. The van der Waals surface area contributed by atoms with Gasteiger partial charge in [-0.2, -0.15) is 0 Å². The topological polar surface area (TPSA) is 81.8 Å². The molecule has 2 saturated heterocycles. The van der Waals surface area contributed by atoms with Crippen molar-refractivity contribution in [3.8, 4) is 0 Å². The highest BCUT2D eigenvalue weighted by Crippen LogP contribution is 2.37. The van der Waals surface area contributed by atoms with Gasteiger partial charge in [0.15, 0.2) is 0 Å². The smallest absolute Gasteiger partial charge is 0.327 e. The van der Waals surface area contributed by atoms with Crippen LogP contribution in [0.3, 0.4) is 0 Å². The first-order valence-corrected chi connectivity index (χ1v) is 9.31. The second-order valence-corrected chi connectivity index (χ2v) is 7.58. The van der Waals surface area contributed by atoms with Crippen molar-refractivity contribution in [3.05, 3.63) is 18.2 Å². The number of carbonyl (C=O) groups is 2. The Morgan fingerprint density at radius 1 is 1.31 bits per heavy atom. The summed E-state index contributed by atoms with van der Waals surface area (Å²) in [6, 6.07) is -0.166. The van der Waals surface area contributed by atoms with E-state index in [9.17, 15) is 9.59 Å². The van der Waals surface area contributed by atoms with Gasteiger partial charge in [0.25, 0.3) is 5.91 Å². The number of likely N-dealkylation sites (tertiary alicyclic amines) is 1. The van der Waals surface area contributed by atoms with Gasteiger partial charge in [0.2, 0.25) is 0 Å². The van der Waals surface area contributed by atoms with Crippen LogP contribution in [0.15, 0.2) is 12.4 Å². The number of urea groups is 1. The molecule has 1 aromatic heterocycles. The average Bonchev–Trinajstić information content (AvgIpc) is 3.18. The maximum absolute atomic E-state index is 13.2. The van der Waals surface area contributed by atoms with Crippen LogP contribution >= 0.6 is 0 Å². The summed E-state index contributed by atoms with van der Waals surface area (Å²) in [5, 5.41) is 0. The van der Waals surface area contributed by atoms with E-state index in [1.165, 1.54) is 4.90 Å². The molecule has 0 radical (unpaired) electrons. The molecule has 2 aliphatic heterocycles. The van der Waals surface area contributed by atoms with Gasteiger partial charge in [-0.1, -0.05) is 13.8 Å². The highest BCUT2D eigenvalue weighted by Gasteiger charge is 2.57. The number of rotatable bonds is 7. The minimum atomic E-state index is -0.718. The quantitative estimate of drug-likeness (QED) is 0.739. The van der Waals surface area contributed by atoms with E-state index in [4.69, 9.17) is 4.74 Å². The molecule has 26 heavy (non-hydrogen) atoms. The van der Waals surface area contributed by atoms with Crippen LogP contribution in [0.1, 0.15) is 32.5 Å². The highest BCUT2D eigenvalue weighted by molar-refractivity contribution is 6.07. The van der Waals surface area contributed by atoms with Crippen molar-refractivity contribution in [3.63, 3.8) is 0 Å². The van der Waals surface area contributed by atoms with Crippen LogP contribution in [-0.2, 0) is 16.1 Å². The number of hydrogen-bond donors (Lipinski definition) is 1. The fourth-order valence-electron chi connectivity index (χ4n) is 3.96. The van der Waals surface area contributed by atoms with E-state index in [-0.39, 0.29) is 17.9 Å². The SMILES string of the molecule is COCCN1C(=O)N(CC(C)C)C(=O)C12CCN(Cc1ncc[nH]1)CC2. The molecule has 3 amide bonds. The zero-order valence-electron chi connectivity index (χ0n) is 15.9. The predicted molar refractivity (Wildman–Crippen MR) is 96.4 cm³/mol. The fraction of sp³-hybridized carbons (Fsp3) is 0.722. The molecular formula is C18H29N5O3. The van der Waals surface area contributed by atoms with Gasteiger partial charge in [-0.05, 0) is 18.8 Å². The molecule has 2 aliphatic rings. The molecule has 1 aromatic rings. The molecule has 0 saturated carbocycles. The second kappa shape index (κ2) is 7.75. The summed E-state index contributed by atoms with van der Waals surface area (Å²) in [6.07, 6.45) is 4.86. The lowest BCUT2D eigenvalue weighted by Crippen LogP contribution is -2.57. The number of aromatic amines is 1. The maximum Gasteiger partial charge on any atom is 0.327 e. The van der Waals surface area contributed by atoms with Gasteiger partial charge in [0.05, 0.1) is 13.2 Å². The van der Waals surface area contributed by atoms with Crippen molar-refractivity contribution in [2.24, 2.45) is 5.92 Å². The van der Waals surface area contributed by atoms with Crippen molar-refractivity contribution < 1.29 is 14.3 Å². The summed E-state index contributed by atoms with van der Waals surface area (Å²) < 4.78 is 5.18. The van der Waals surface area contributed by atoms with Crippen LogP contribution in [0.2, 0.25) is 0 Å². The van der Waals surface area contributed by atoms with Gasteiger partial charge in [0, 0.05) is 45.7 Å². The van der Waals surface area contributed by atoms with E-state index in [2.05, 4.69) is 14.9 Å². The van der Waals surface area contributed by atoms with Crippen LogP contribution < -0.4 is 0 Å². The Morgan fingerprint density at radius 3 is 2.62 bits per heavy atom. The molecule has 3 heterocycles. The minimum Gasteiger partial charge on any atom is -0.383 e. The zero-order chi connectivity index (χ0) is 18.7. The molecular weight excluding hydrogens is 334 g/mol. The zero-order valence-corrected chi connectivity index (χ0v) is 15.9. The number of imide groups is 1. The maximum atomic E-state index is 13.2. The van der Waals surface area contributed by atoms with Crippen molar-refractivity contribution in [1.82, 2.24) is 24.7 Å². The largest absolute Gasteiger partial charge is 0.383 e. The van der Waals surface area contributed by atoms with Gasteiger partial charge in [-0.15, -0.1) is 0 Å². The highest BCUT2D eigenvalue weighted by atomic mass is 16.5. The van der Waals surface area contributed by atoms with E-state index < -0.39 is 5.54 Å². The van der Waals surface area contributed by atoms with Crippen molar-refractivity contribution in [2.75, 3.05) is 39.9 Å². The second-order valence-electron chi connectivity index (χ2n) is 7.58. The Kier molecular flexibility index (Phi) is 5.62. The van der Waals surface area contributed by atoms with E-state index >= 15 is 0 Å². The third kappa shape index (κ3) is 3.48. The van der Waals surface area contributed by atoms with Gasteiger partial charge >= 0.3 is 6.03 Å². The summed E-state index contributed by atoms with van der Waals surface area (Å²) in [7, 11) is 1.62. The number of methoxy groups -OCH3 is 1. The normalized spacial score (nSPS) is 20.8. The van der Waals surface area contributed by atoms with E-state index in [1.54, 1.807) is 18.2 Å². The Labute approximate surface area is 154 Å². The van der Waals surface area contributed by atoms with Crippen LogP contribution in [0.4, 0.5) is 4.79 Å². The number of piperidine rings is 1.